The van der Waals surface area contributed by atoms with E-state index in [4.69, 9.17) is 0 Å². The maximum absolute atomic E-state index is 3.76. The maximum Gasteiger partial charge on any atom is 0.0619 e. The Labute approximate surface area is 238 Å². The Morgan fingerprint density at radius 1 is 0.488 bits per heavy atom. The average molecular weight is 539 g/mol. The van der Waals surface area contributed by atoms with Crippen molar-refractivity contribution in [3.63, 3.8) is 0 Å². The van der Waals surface area contributed by atoms with E-state index in [0.29, 0.717) is 0 Å². The van der Waals surface area contributed by atoms with Crippen molar-refractivity contribution in [1.82, 2.24) is 9.55 Å². The summed E-state index contributed by atoms with van der Waals surface area (Å²) in [4.78, 5) is 3.76. The molecule has 3 heterocycles. The quantitative estimate of drug-likeness (QED) is 0.215. The fourth-order valence-corrected chi connectivity index (χ4v) is 8.24. The van der Waals surface area contributed by atoms with Gasteiger partial charge < -0.3 is 9.55 Å². The number of aromatic amines is 1. The molecule has 190 valence electrons. The molecule has 0 bridgehead atoms. The lowest BCUT2D eigenvalue weighted by Crippen LogP contribution is -1.95. The van der Waals surface area contributed by atoms with Gasteiger partial charge in [-0.15, -0.1) is 11.3 Å². The summed E-state index contributed by atoms with van der Waals surface area (Å²) in [6.45, 7) is 0. The van der Waals surface area contributed by atoms with E-state index in [2.05, 4.69) is 137 Å². The van der Waals surface area contributed by atoms with Gasteiger partial charge in [-0.2, -0.15) is 0 Å². The highest BCUT2D eigenvalue weighted by Crippen LogP contribution is 2.45. The minimum absolute atomic E-state index is 1.19. The molecule has 10 aromatic rings. The molecule has 0 radical (unpaired) electrons. The van der Waals surface area contributed by atoms with Gasteiger partial charge in [-0.3, -0.25) is 0 Å². The Kier molecular flexibility index (Phi) is 4.10. The predicted molar refractivity (Wildman–Crippen MR) is 178 cm³/mol. The Hall–Kier alpha value is -5.12. The minimum Gasteiger partial charge on any atom is -0.354 e. The van der Waals surface area contributed by atoms with Crippen LogP contribution < -0.4 is 0 Å². The first kappa shape index (κ1) is 21.7. The molecule has 0 saturated heterocycles. The third kappa shape index (κ3) is 2.81. The molecule has 0 aliphatic carbocycles. The average Bonchev–Trinajstić information content (AvgIpc) is 3.68. The van der Waals surface area contributed by atoms with Crippen LogP contribution in [0.5, 0.6) is 0 Å². The standard InChI is InChI=1S/C38H22N2S/c1-3-11-24-22(8-1)10-7-15-32(24)40-33-21-35-30(20-29(33)28-17-16-23-9-2-4-12-25(23)38(28)40)36-34(41-35)19-18-27-26-13-5-6-14-31(26)39-37(27)36/h1-21,39H. The molecule has 3 heteroatoms. The van der Waals surface area contributed by atoms with Crippen LogP contribution in [0.4, 0.5) is 0 Å². The normalized spacial score (nSPS) is 12.4. The molecular formula is C38H22N2S. The molecule has 3 aromatic heterocycles. The third-order valence-electron chi connectivity index (χ3n) is 8.89. The van der Waals surface area contributed by atoms with Crippen molar-refractivity contribution in [3.8, 4) is 5.69 Å². The van der Waals surface area contributed by atoms with Gasteiger partial charge in [-0.1, -0.05) is 97.1 Å². The summed E-state index contributed by atoms with van der Waals surface area (Å²) in [6, 6.07) is 46.9. The van der Waals surface area contributed by atoms with E-state index in [1.54, 1.807) is 0 Å². The van der Waals surface area contributed by atoms with Crippen LogP contribution in [0.1, 0.15) is 0 Å². The lowest BCUT2D eigenvalue weighted by molar-refractivity contribution is 1.21. The number of benzene rings is 7. The summed E-state index contributed by atoms with van der Waals surface area (Å²) in [5, 5.41) is 12.8. The number of thiophene rings is 1. The minimum atomic E-state index is 1.19. The van der Waals surface area contributed by atoms with Gasteiger partial charge in [-0.05, 0) is 41.1 Å². The summed E-state index contributed by atoms with van der Waals surface area (Å²) in [5.74, 6) is 0. The van der Waals surface area contributed by atoms with Gasteiger partial charge in [0.15, 0.2) is 0 Å². The molecule has 7 aromatic carbocycles. The fourth-order valence-electron chi connectivity index (χ4n) is 7.11. The molecule has 0 aliphatic heterocycles. The molecular weight excluding hydrogens is 516 g/mol. The van der Waals surface area contributed by atoms with Crippen molar-refractivity contribution in [2.75, 3.05) is 0 Å². The predicted octanol–water partition coefficient (Wildman–Crippen LogP) is 11.1. The first-order valence-corrected chi connectivity index (χ1v) is 14.8. The number of para-hydroxylation sites is 1. The van der Waals surface area contributed by atoms with E-state index in [0.717, 1.165) is 0 Å². The van der Waals surface area contributed by atoms with Crippen LogP contribution in [-0.4, -0.2) is 9.55 Å². The summed E-state index contributed by atoms with van der Waals surface area (Å²) >= 11 is 1.89. The van der Waals surface area contributed by atoms with E-state index in [1.165, 1.54) is 91.0 Å². The second-order valence-corrected chi connectivity index (χ2v) is 12.1. The van der Waals surface area contributed by atoms with Crippen LogP contribution in [0.3, 0.4) is 0 Å². The number of H-pyrrole nitrogens is 1. The molecule has 0 amide bonds. The Morgan fingerprint density at radius 3 is 2.12 bits per heavy atom. The van der Waals surface area contributed by atoms with Crippen LogP contribution in [0.25, 0.3) is 91.0 Å². The van der Waals surface area contributed by atoms with Crippen LogP contribution in [0.2, 0.25) is 0 Å². The number of nitrogens with one attached hydrogen (secondary N) is 1. The van der Waals surface area contributed by atoms with E-state index in [9.17, 15) is 0 Å². The smallest absolute Gasteiger partial charge is 0.0619 e. The first-order valence-electron chi connectivity index (χ1n) is 14.0. The lowest BCUT2D eigenvalue weighted by Gasteiger charge is -2.13. The van der Waals surface area contributed by atoms with Crippen LogP contribution in [0.15, 0.2) is 127 Å². The van der Waals surface area contributed by atoms with Gasteiger partial charge >= 0.3 is 0 Å². The van der Waals surface area contributed by atoms with Crippen molar-refractivity contribution in [3.05, 3.63) is 127 Å². The third-order valence-corrected chi connectivity index (χ3v) is 10.0. The number of aromatic nitrogens is 2. The number of rotatable bonds is 1. The van der Waals surface area contributed by atoms with E-state index in [1.807, 2.05) is 11.3 Å². The van der Waals surface area contributed by atoms with Crippen LogP contribution in [0, 0.1) is 0 Å². The number of nitrogens with zero attached hydrogens (tertiary/aromatic N) is 1. The summed E-state index contributed by atoms with van der Waals surface area (Å²) in [5.41, 5.74) is 6.16. The van der Waals surface area contributed by atoms with Crippen molar-refractivity contribution in [1.29, 1.82) is 0 Å². The zero-order chi connectivity index (χ0) is 26.7. The monoisotopic (exact) mass is 538 g/mol. The zero-order valence-corrected chi connectivity index (χ0v) is 22.8. The fraction of sp³-hybridized carbons (Fsp3) is 0. The van der Waals surface area contributed by atoms with Gasteiger partial charge in [0.25, 0.3) is 0 Å². The zero-order valence-electron chi connectivity index (χ0n) is 22.0. The SMILES string of the molecule is c1ccc2c(-n3c4cc5sc6ccc7c8ccccc8[nH]c7c6c5cc4c4ccc5ccccc5c43)cccc2c1. The Morgan fingerprint density at radius 2 is 1.22 bits per heavy atom. The number of hydrogen-bond acceptors (Lipinski definition) is 1. The van der Waals surface area contributed by atoms with E-state index < -0.39 is 0 Å². The highest BCUT2D eigenvalue weighted by atomic mass is 32.1. The molecule has 0 saturated carbocycles. The molecule has 0 spiro atoms. The highest BCUT2D eigenvalue weighted by Gasteiger charge is 2.20. The molecule has 0 atom stereocenters. The summed E-state index contributed by atoms with van der Waals surface area (Å²) < 4.78 is 5.14. The molecule has 10 rings (SSSR count). The molecule has 0 unspecified atom stereocenters. The highest BCUT2D eigenvalue weighted by molar-refractivity contribution is 7.26. The largest absolute Gasteiger partial charge is 0.354 e. The molecule has 1 N–H and O–H groups in total. The van der Waals surface area contributed by atoms with Crippen molar-refractivity contribution >= 4 is 96.7 Å². The van der Waals surface area contributed by atoms with Gasteiger partial charge in [0, 0.05) is 58.0 Å². The van der Waals surface area contributed by atoms with Gasteiger partial charge in [0.05, 0.1) is 22.2 Å². The summed E-state index contributed by atoms with van der Waals surface area (Å²) in [6.07, 6.45) is 0. The van der Waals surface area contributed by atoms with Crippen LogP contribution >= 0.6 is 11.3 Å². The second kappa shape index (κ2) is 7.75. The van der Waals surface area contributed by atoms with Crippen LogP contribution in [-0.2, 0) is 0 Å². The van der Waals surface area contributed by atoms with E-state index in [-0.39, 0.29) is 0 Å². The first-order chi connectivity index (χ1) is 20.3. The van der Waals surface area contributed by atoms with Gasteiger partial charge in [-0.25, -0.2) is 0 Å². The Balaban J connectivity index is 1.43. The second-order valence-electron chi connectivity index (χ2n) is 11.0. The maximum atomic E-state index is 3.76. The molecule has 2 nitrogen and oxygen atoms in total. The van der Waals surface area contributed by atoms with Gasteiger partial charge in [0.1, 0.15) is 0 Å². The van der Waals surface area contributed by atoms with E-state index >= 15 is 0 Å². The van der Waals surface area contributed by atoms with Crippen molar-refractivity contribution in [2.45, 2.75) is 0 Å². The number of fused-ring (bicyclic) bond motifs is 13. The lowest BCUT2D eigenvalue weighted by atomic mass is 10.0. The topological polar surface area (TPSA) is 20.7 Å². The summed E-state index contributed by atoms with van der Waals surface area (Å²) in [7, 11) is 0. The number of hydrogen-bond donors (Lipinski definition) is 1. The molecule has 41 heavy (non-hydrogen) atoms. The van der Waals surface area contributed by atoms with Crippen molar-refractivity contribution < 1.29 is 0 Å². The molecule has 0 fully saturated rings. The molecule has 0 aliphatic rings. The van der Waals surface area contributed by atoms with Gasteiger partial charge in [0.2, 0.25) is 0 Å². The van der Waals surface area contributed by atoms with Crippen molar-refractivity contribution in [2.24, 2.45) is 0 Å². The Bertz CT molecular complexity index is 2700.